The van der Waals surface area contributed by atoms with E-state index >= 15 is 0 Å². The topological polar surface area (TPSA) is 41.6 Å². The molecule has 0 radical (unpaired) electrons. The van der Waals surface area contributed by atoms with E-state index in [4.69, 9.17) is 4.74 Å². The molecule has 0 bridgehead atoms. The van der Waals surface area contributed by atoms with Crippen LogP contribution in [0, 0.1) is 0 Å². The van der Waals surface area contributed by atoms with Gasteiger partial charge in [0.2, 0.25) is 0 Å². The van der Waals surface area contributed by atoms with Crippen LogP contribution >= 0.6 is 15.9 Å². The van der Waals surface area contributed by atoms with Gasteiger partial charge in [0.1, 0.15) is 6.10 Å². The van der Waals surface area contributed by atoms with E-state index in [0.29, 0.717) is 25.7 Å². The van der Waals surface area contributed by atoms with Crippen LogP contribution in [0.25, 0.3) is 0 Å². The molecule has 1 atom stereocenters. The number of urea groups is 1. The molecule has 1 unspecified atom stereocenters. The van der Waals surface area contributed by atoms with Gasteiger partial charge < -0.3 is 15.0 Å². The molecule has 1 saturated carbocycles. The lowest BCUT2D eigenvalue weighted by Crippen LogP contribution is -2.47. The molecule has 1 saturated heterocycles. The number of carbonyl (C=O) groups is 1. The van der Waals surface area contributed by atoms with Crippen molar-refractivity contribution in [2.75, 3.05) is 19.7 Å². The Morgan fingerprint density at radius 3 is 2.89 bits per heavy atom. The Labute approximate surface area is 121 Å². The first-order valence-corrected chi connectivity index (χ1v) is 7.45. The molecule has 2 aliphatic rings. The van der Waals surface area contributed by atoms with E-state index in [2.05, 4.69) is 21.2 Å². The van der Waals surface area contributed by atoms with E-state index in [9.17, 15) is 4.79 Å². The molecule has 2 fully saturated rings. The Hall–Kier alpha value is -1.07. The maximum absolute atomic E-state index is 12.1. The zero-order chi connectivity index (χ0) is 13.2. The molecule has 1 aliphatic carbocycles. The van der Waals surface area contributed by atoms with E-state index in [1.807, 2.05) is 29.2 Å². The van der Waals surface area contributed by atoms with Gasteiger partial charge in [-0.05, 0) is 24.5 Å². The van der Waals surface area contributed by atoms with Crippen LogP contribution in [0.15, 0.2) is 28.7 Å². The quantitative estimate of drug-likeness (QED) is 0.908. The third-order valence-electron chi connectivity index (χ3n) is 3.51. The molecule has 19 heavy (non-hydrogen) atoms. The second kappa shape index (κ2) is 5.51. The predicted octanol–water partition coefficient (Wildman–Crippen LogP) is 2.69. The van der Waals surface area contributed by atoms with Crippen molar-refractivity contribution in [1.82, 2.24) is 10.2 Å². The standard InChI is InChI=1S/C14H17BrN2O2/c15-12-4-2-1-3-11(12)13-9-17(7-8-19-13)14(18)16-10-5-6-10/h1-4,10,13H,5-9H2,(H,16,18). The van der Waals surface area contributed by atoms with Crippen molar-refractivity contribution in [3.8, 4) is 0 Å². The van der Waals surface area contributed by atoms with Gasteiger partial charge in [-0.2, -0.15) is 0 Å². The van der Waals surface area contributed by atoms with Crippen LogP contribution in [0.4, 0.5) is 4.79 Å². The number of nitrogens with one attached hydrogen (secondary N) is 1. The zero-order valence-electron chi connectivity index (χ0n) is 10.6. The Morgan fingerprint density at radius 2 is 2.16 bits per heavy atom. The summed E-state index contributed by atoms with van der Waals surface area (Å²) < 4.78 is 6.83. The maximum atomic E-state index is 12.1. The van der Waals surface area contributed by atoms with Crippen molar-refractivity contribution < 1.29 is 9.53 Å². The van der Waals surface area contributed by atoms with Crippen LogP contribution in [0.5, 0.6) is 0 Å². The number of halogens is 1. The second-order valence-corrected chi connectivity index (χ2v) is 5.91. The van der Waals surface area contributed by atoms with Crippen molar-refractivity contribution in [3.63, 3.8) is 0 Å². The van der Waals surface area contributed by atoms with Crippen LogP contribution < -0.4 is 5.32 Å². The average molecular weight is 325 g/mol. The zero-order valence-corrected chi connectivity index (χ0v) is 12.2. The lowest BCUT2D eigenvalue weighted by atomic mass is 10.1. The minimum atomic E-state index is -0.0470. The lowest BCUT2D eigenvalue weighted by molar-refractivity contribution is -0.0158. The summed E-state index contributed by atoms with van der Waals surface area (Å²) in [6.07, 6.45) is 2.18. The molecule has 1 aromatic carbocycles. The smallest absolute Gasteiger partial charge is 0.317 e. The minimum Gasteiger partial charge on any atom is -0.370 e. The maximum Gasteiger partial charge on any atom is 0.317 e. The van der Waals surface area contributed by atoms with Crippen LogP contribution in [0.3, 0.4) is 0 Å². The van der Waals surface area contributed by atoms with Gasteiger partial charge in [-0.25, -0.2) is 4.79 Å². The number of benzene rings is 1. The van der Waals surface area contributed by atoms with E-state index in [1.165, 1.54) is 0 Å². The first kappa shape index (κ1) is 12.9. The second-order valence-electron chi connectivity index (χ2n) is 5.05. The summed E-state index contributed by atoms with van der Waals surface area (Å²) in [4.78, 5) is 13.9. The SMILES string of the molecule is O=C(NC1CC1)N1CCOC(c2ccccc2Br)C1. The van der Waals surface area contributed by atoms with Gasteiger partial charge in [0.15, 0.2) is 0 Å². The van der Waals surface area contributed by atoms with Gasteiger partial charge in [-0.1, -0.05) is 34.1 Å². The molecule has 1 aromatic rings. The number of nitrogens with zero attached hydrogens (tertiary/aromatic N) is 1. The minimum absolute atomic E-state index is 0.0443. The average Bonchev–Trinajstić information content (AvgIpc) is 3.23. The number of ether oxygens (including phenoxy) is 1. The summed E-state index contributed by atoms with van der Waals surface area (Å²) in [5.74, 6) is 0. The highest BCUT2D eigenvalue weighted by molar-refractivity contribution is 9.10. The molecular weight excluding hydrogens is 308 g/mol. The number of amides is 2. The number of rotatable bonds is 2. The fourth-order valence-electron chi connectivity index (χ4n) is 2.25. The molecule has 2 amide bonds. The first-order chi connectivity index (χ1) is 9.24. The molecule has 102 valence electrons. The van der Waals surface area contributed by atoms with Crippen molar-refractivity contribution in [2.24, 2.45) is 0 Å². The molecule has 0 aromatic heterocycles. The molecule has 1 heterocycles. The van der Waals surface area contributed by atoms with Crippen molar-refractivity contribution in [2.45, 2.75) is 25.0 Å². The first-order valence-electron chi connectivity index (χ1n) is 6.65. The lowest BCUT2D eigenvalue weighted by Gasteiger charge is -2.33. The third kappa shape index (κ3) is 3.09. The number of hydrogen-bond donors (Lipinski definition) is 1. The van der Waals surface area contributed by atoms with Gasteiger partial charge in [-0.3, -0.25) is 0 Å². The number of carbonyl (C=O) groups excluding carboxylic acids is 1. The van der Waals surface area contributed by atoms with Crippen LogP contribution in [-0.4, -0.2) is 36.7 Å². The Bertz CT molecular complexity index is 476. The largest absolute Gasteiger partial charge is 0.370 e. The summed E-state index contributed by atoms with van der Waals surface area (Å²) in [7, 11) is 0. The molecule has 3 rings (SSSR count). The van der Waals surface area contributed by atoms with Crippen molar-refractivity contribution in [1.29, 1.82) is 0 Å². The molecule has 1 N–H and O–H groups in total. The number of morpholine rings is 1. The highest BCUT2D eigenvalue weighted by Crippen LogP contribution is 2.29. The van der Waals surface area contributed by atoms with E-state index < -0.39 is 0 Å². The summed E-state index contributed by atoms with van der Waals surface area (Å²) in [5.41, 5.74) is 1.10. The highest BCUT2D eigenvalue weighted by Gasteiger charge is 2.30. The highest BCUT2D eigenvalue weighted by atomic mass is 79.9. The fraction of sp³-hybridized carbons (Fsp3) is 0.500. The van der Waals surface area contributed by atoms with Gasteiger partial charge in [0.25, 0.3) is 0 Å². The molecule has 0 spiro atoms. The summed E-state index contributed by atoms with van der Waals surface area (Å²) in [6, 6.07) is 8.46. The molecule has 1 aliphatic heterocycles. The van der Waals surface area contributed by atoms with Gasteiger partial charge in [-0.15, -0.1) is 0 Å². The Kier molecular flexibility index (Phi) is 3.75. The normalized spacial score (nSPS) is 23.2. The Balaban J connectivity index is 1.67. The third-order valence-corrected chi connectivity index (χ3v) is 4.23. The van der Waals surface area contributed by atoms with E-state index in [0.717, 1.165) is 22.9 Å². The predicted molar refractivity (Wildman–Crippen MR) is 76.0 cm³/mol. The van der Waals surface area contributed by atoms with Crippen molar-refractivity contribution in [3.05, 3.63) is 34.3 Å². The molecule has 4 nitrogen and oxygen atoms in total. The van der Waals surface area contributed by atoms with Crippen LogP contribution in [0.2, 0.25) is 0 Å². The van der Waals surface area contributed by atoms with E-state index in [1.54, 1.807) is 0 Å². The summed E-state index contributed by atoms with van der Waals surface area (Å²) >= 11 is 3.54. The molecule has 5 heteroatoms. The van der Waals surface area contributed by atoms with Crippen LogP contribution in [-0.2, 0) is 4.74 Å². The van der Waals surface area contributed by atoms with Crippen LogP contribution in [0.1, 0.15) is 24.5 Å². The van der Waals surface area contributed by atoms with Gasteiger partial charge in [0.05, 0.1) is 13.2 Å². The fourth-order valence-corrected chi connectivity index (χ4v) is 2.79. The Morgan fingerprint density at radius 1 is 1.37 bits per heavy atom. The van der Waals surface area contributed by atoms with E-state index in [-0.39, 0.29) is 12.1 Å². The van der Waals surface area contributed by atoms with Gasteiger partial charge in [0, 0.05) is 17.1 Å². The monoisotopic (exact) mass is 324 g/mol. The summed E-state index contributed by atoms with van der Waals surface area (Å²) in [6.45, 7) is 1.87. The summed E-state index contributed by atoms with van der Waals surface area (Å²) in [5, 5.41) is 3.03. The molecular formula is C14H17BrN2O2. The number of hydrogen-bond acceptors (Lipinski definition) is 2. The van der Waals surface area contributed by atoms with Crippen molar-refractivity contribution >= 4 is 22.0 Å². The van der Waals surface area contributed by atoms with Gasteiger partial charge >= 0.3 is 6.03 Å².